The molecule has 0 bridgehead atoms. The molecule has 0 saturated carbocycles. The fourth-order valence-electron chi connectivity index (χ4n) is 6.76. The number of hydroxylamine groups is 2. The lowest BCUT2D eigenvalue weighted by atomic mass is 9.96. The molecule has 1 fully saturated rings. The molecule has 0 aliphatic carbocycles. The molecule has 3 rings (SSSR count). The number of nitrogens with zero attached hydrogens (tertiary/aromatic N) is 5. The topological polar surface area (TPSA) is 290 Å². The highest BCUT2D eigenvalue weighted by Gasteiger charge is 2.48. The lowest BCUT2D eigenvalue weighted by Gasteiger charge is -2.45. The van der Waals surface area contributed by atoms with E-state index in [9.17, 15) is 38.4 Å². The number of hydrogen-bond acceptors (Lipinski definition) is 16. The number of halogens is 3. The van der Waals surface area contributed by atoms with Gasteiger partial charge in [-0.2, -0.15) is 0 Å². The largest absolute Gasteiger partial charge is 0.458 e. The van der Waals surface area contributed by atoms with Crippen molar-refractivity contribution in [2.75, 3.05) is 53.4 Å². The Morgan fingerprint density at radius 2 is 1.30 bits per heavy atom. The van der Waals surface area contributed by atoms with E-state index in [2.05, 4.69) is 16.1 Å². The highest BCUT2D eigenvalue weighted by molar-refractivity contribution is 6.67. The van der Waals surface area contributed by atoms with Crippen molar-refractivity contribution >= 4 is 94.7 Å². The van der Waals surface area contributed by atoms with Gasteiger partial charge in [0.05, 0.1) is 13.1 Å². The minimum atomic E-state index is -2.13. The first-order valence-electron chi connectivity index (χ1n) is 24.1. The van der Waals surface area contributed by atoms with Gasteiger partial charge in [-0.05, 0) is 71.4 Å². The minimum Gasteiger partial charge on any atom is -0.458 e. The Balaban J connectivity index is 2.07. The number of esters is 1. The number of nitrogens with one attached hydrogen (secondary N) is 4. The maximum Gasteiger partial charge on any atom is 0.429 e. The molecule has 9 amide bonds. The van der Waals surface area contributed by atoms with Gasteiger partial charge in [0.25, 0.3) is 17.7 Å². The molecular weight excluding hydrogens is 1080 g/mol. The second-order valence-electron chi connectivity index (χ2n) is 19.7. The minimum absolute atomic E-state index is 0.0466. The third-order valence-corrected chi connectivity index (χ3v) is 10.6. The van der Waals surface area contributed by atoms with Gasteiger partial charge in [0.15, 0.2) is 6.04 Å². The number of benzene rings is 2. The standard InChI is InChI=1S/C49H68Cl3N9O16/c1-31(2)40(75-38(65)27-58(10)45(70)77-48(6,7)8)39(54-43(68)73-30-49(50,51)52)42(67)61-34(22-17-23-59(61)46(71)72-28-32-18-13-11-14-19-32)41(66)60(74-29-33-20-15-12-16-21-33)26-37(64)57(9)25-36(63)53-24-35(62)55-56-44(69)76-47(3,4)5/h11-16,18-21,31,34,39-40H,17,22-30H2,1-10H3,(H,53,63)(H,54,68)(H,55,62)(H,56,69)/t34-,39+,40+/m1/s1. The van der Waals surface area contributed by atoms with Crippen LogP contribution in [0.2, 0.25) is 0 Å². The monoisotopic (exact) mass is 1140 g/mol. The van der Waals surface area contributed by atoms with E-state index in [1.165, 1.54) is 27.9 Å². The van der Waals surface area contributed by atoms with Crippen LogP contribution in [0.1, 0.15) is 79.4 Å². The highest BCUT2D eigenvalue weighted by Crippen LogP contribution is 2.28. The molecule has 4 N–H and O–H groups in total. The summed E-state index contributed by atoms with van der Waals surface area (Å²) in [5.41, 5.74) is 3.41. The molecule has 77 heavy (non-hydrogen) atoms. The number of alkyl halides is 3. The van der Waals surface area contributed by atoms with Crippen LogP contribution in [0.15, 0.2) is 60.7 Å². The number of rotatable bonds is 20. The summed E-state index contributed by atoms with van der Waals surface area (Å²) >= 11 is 17.6. The first kappa shape index (κ1) is 64.5. The number of carbonyl (C=O) groups is 10. The summed E-state index contributed by atoms with van der Waals surface area (Å²) in [6, 6.07) is 13.2. The van der Waals surface area contributed by atoms with Gasteiger partial charge in [-0.1, -0.05) is 109 Å². The van der Waals surface area contributed by atoms with Gasteiger partial charge < -0.3 is 44.1 Å². The second kappa shape index (κ2) is 29.6. The van der Waals surface area contributed by atoms with Gasteiger partial charge in [-0.3, -0.25) is 39.0 Å². The molecular formula is C49H68Cl3N9O16. The maximum absolute atomic E-state index is 15.5. The van der Waals surface area contributed by atoms with Crippen LogP contribution < -0.4 is 21.5 Å². The molecule has 426 valence electrons. The summed E-state index contributed by atoms with van der Waals surface area (Å²) in [4.78, 5) is 144. The van der Waals surface area contributed by atoms with Crippen LogP contribution in [-0.4, -0.2) is 171 Å². The lowest BCUT2D eigenvalue weighted by Crippen LogP contribution is -2.68. The Bertz CT molecular complexity index is 2370. The summed E-state index contributed by atoms with van der Waals surface area (Å²) in [7, 11) is 2.49. The van der Waals surface area contributed by atoms with E-state index in [0.29, 0.717) is 21.2 Å². The molecule has 1 aliphatic rings. The molecule has 2 aromatic rings. The quantitative estimate of drug-likeness (QED) is 0.0613. The molecule has 0 aromatic heterocycles. The zero-order valence-electron chi connectivity index (χ0n) is 44.6. The molecule has 0 radical (unpaired) electrons. The fourth-order valence-corrected chi connectivity index (χ4v) is 6.92. The Kier molecular flexibility index (Phi) is 24.8. The van der Waals surface area contributed by atoms with Gasteiger partial charge in [-0.25, -0.2) is 39.7 Å². The summed E-state index contributed by atoms with van der Waals surface area (Å²) in [6.07, 6.45) is -6.16. The van der Waals surface area contributed by atoms with E-state index in [4.69, 9.17) is 63.3 Å². The van der Waals surface area contributed by atoms with Crippen LogP contribution in [0, 0.1) is 5.92 Å². The molecule has 3 atom stereocenters. The highest BCUT2D eigenvalue weighted by atomic mass is 35.6. The van der Waals surface area contributed by atoms with E-state index < -0.39 is 132 Å². The van der Waals surface area contributed by atoms with Crippen molar-refractivity contribution in [2.24, 2.45) is 5.92 Å². The van der Waals surface area contributed by atoms with Gasteiger partial charge >= 0.3 is 30.3 Å². The smallest absolute Gasteiger partial charge is 0.429 e. The summed E-state index contributed by atoms with van der Waals surface area (Å²) < 4.78 is 24.9. The zero-order chi connectivity index (χ0) is 57.8. The Morgan fingerprint density at radius 1 is 0.714 bits per heavy atom. The van der Waals surface area contributed by atoms with Crippen LogP contribution >= 0.6 is 34.8 Å². The predicted molar refractivity (Wildman–Crippen MR) is 276 cm³/mol. The van der Waals surface area contributed by atoms with Crippen LogP contribution in [0.5, 0.6) is 0 Å². The molecule has 28 heteroatoms. The van der Waals surface area contributed by atoms with Gasteiger partial charge in [0, 0.05) is 20.6 Å². The number of hydrazine groups is 2. The number of likely N-dealkylation sites (N-methyl/N-ethyl adjacent to an activating group) is 2. The van der Waals surface area contributed by atoms with Crippen molar-refractivity contribution in [3.8, 4) is 0 Å². The van der Waals surface area contributed by atoms with Crippen LogP contribution in [0.3, 0.4) is 0 Å². The van der Waals surface area contributed by atoms with E-state index in [1.54, 1.807) is 102 Å². The molecule has 0 spiro atoms. The Labute approximate surface area is 461 Å². The number of hydrogen-bond donors (Lipinski definition) is 4. The lowest BCUT2D eigenvalue weighted by molar-refractivity contribution is -0.208. The zero-order valence-corrected chi connectivity index (χ0v) is 46.8. The van der Waals surface area contributed by atoms with Gasteiger partial charge in [-0.15, -0.1) is 0 Å². The average Bonchev–Trinajstić information content (AvgIpc) is 3.34. The van der Waals surface area contributed by atoms with Crippen LogP contribution in [0.4, 0.5) is 19.2 Å². The fraction of sp³-hybridized carbons (Fsp3) is 0.551. The van der Waals surface area contributed by atoms with Crippen molar-refractivity contribution in [2.45, 2.75) is 115 Å². The molecule has 0 unspecified atom stereocenters. The summed E-state index contributed by atoms with van der Waals surface area (Å²) in [6.45, 7) is 8.16. The van der Waals surface area contributed by atoms with E-state index in [1.807, 2.05) is 5.43 Å². The number of ether oxygens (including phenoxy) is 5. The average molecular weight is 1150 g/mol. The first-order valence-corrected chi connectivity index (χ1v) is 25.2. The number of amides is 9. The maximum atomic E-state index is 15.5. The summed E-state index contributed by atoms with van der Waals surface area (Å²) in [5, 5.41) is 6.82. The second-order valence-corrected chi connectivity index (χ2v) is 22.2. The van der Waals surface area contributed by atoms with Crippen molar-refractivity contribution in [1.82, 2.24) is 46.4 Å². The van der Waals surface area contributed by atoms with Crippen molar-refractivity contribution in [3.63, 3.8) is 0 Å². The van der Waals surface area contributed by atoms with Crippen molar-refractivity contribution in [1.29, 1.82) is 0 Å². The van der Waals surface area contributed by atoms with Crippen LogP contribution in [0.25, 0.3) is 0 Å². The first-order chi connectivity index (χ1) is 35.8. The van der Waals surface area contributed by atoms with E-state index >= 15 is 9.59 Å². The summed E-state index contributed by atoms with van der Waals surface area (Å²) in [5.74, 6) is -6.81. The molecule has 1 aliphatic heterocycles. The Hall–Kier alpha value is -6.83. The third-order valence-electron chi connectivity index (χ3n) is 10.3. The molecule has 25 nitrogen and oxygen atoms in total. The predicted octanol–water partition coefficient (Wildman–Crippen LogP) is 4.52. The molecule has 1 heterocycles. The van der Waals surface area contributed by atoms with E-state index in [-0.39, 0.29) is 32.6 Å². The van der Waals surface area contributed by atoms with E-state index in [0.717, 1.165) is 14.8 Å². The van der Waals surface area contributed by atoms with Gasteiger partial charge in [0.2, 0.25) is 15.6 Å². The molecule has 1 saturated heterocycles. The SMILES string of the molecule is CC(C)[C@H](OC(=O)CN(C)C(=O)OC(C)(C)C)[C@H](NC(=O)OCC(Cl)(Cl)Cl)C(=O)N1[C@@H](C(=O)N(CC(=O)N(C)CC(=O)NCC(=O)NNC(=O)OC(C)(C)C)OCc2ccccc2)CCCN1C(=O)OCc1ccccc1. The van der Waals surface area contributed by atoms with Crippen molar-refractivity contribution in [3.05, 3.63) is 71.8 Å². The Morgan fingerprint density at radius 3 is 1.86 bits per heavy atom. The molecule has 2 aromatic carbocycles. The van der Waals surface area contributed by atoms with Crippen LogP contribution in [-0.2, 0) is 70.5 Å². The number of alkyl carbamates (subject to hydrolysis) is 1. The number of carbonyl (C=O) groups excluding carboxylic acids is 10. The van der Waals surface area contributed by atoms with Gasteiger partial charge in [0.1, 0.15) is 56.3 Å². The normalized spacial score (nSPS) is 14.4. The van der Waals surface area contributed by atoms with Crippen molar-refractivity contribution < 1.29 is 76.5 Å². The third kappa shape index (κ3) is 23.5.